The molecule has 1 heterocycles. The molecule has 0 aromatic carbocycles. The standard InChI is InChI=1S/C11H20N2O/c1-5-9(4)10-8-12(6-2)11(14)13(10)7-3/h5,10H,6-8H2,1-4H3/b9-5+. The lowest BCUT2D eigenvalue weighted by molar-refractivity contribution is 0.192. The second kappa shape index (κ2) is 4.49. The largest absolute Gasteiger partial charge is 0.323 e. The number of likely N-dealkylation sites (N-methyl/N-ethyl adjacent to an activating group) is 2. The minimum atomic E-state index is 0.182. The number of carbonyl (C=O) groups excluding carboxylic acids is 1. The average molecular weight is 196 g/mol. The third-order valence-corrected chi connectivity index (χ3v) is 2.99. The van der Waals surface area contributed by atoms with Crippen molar-refractivity contribution < 1.29 is 4.79 Å². The van der Waals surface area contributed by atoms with Crippen LogP contribution in [-0.2, 0) is 0 Å². The average Bonchev–Trinajstić information content (AvgIpc) is 2.53. The van der Waals surface area contributed by atoms with E-state index in [0.717, 1.165) is 19.6 Å². The molecule has 2 amide bonds. The molecule has 1 aliphatic heterocycles. The zero-order valence-electron chi connectivity index (χ0n) is 9.58. The molecule has 3 heteroatoms. The van der Waals surface area contributed by atoms with Gasteiger partial charge in [-0.1, -0.05) is 11.6 Å². The maximum absolute atomic E-state index is 11.8. The molecule has 1 unspecified atom stereocenters. The summed E-state index contributed by atoms with van der Waals surface area (Å²) in [6, 6.07) is 0.471. The van der Waals surface area contributed by atoms with Gasteiger partial charge >= 0.3 is 6.03 Å². The number of hydrogen-bond donors (Lipinski definition) is 0. The lowest BCUT2D eigenvalue weighted by atomic mass is 10.1. The molecule has 0 aliphatic carbocycles. The minimum absolute atomic E-state index is 0.182. The molecule has 0 aromatic rings. The molecule has 0 bridgehead atoms. The molecule has 1 rings (SSSR count). The van der Waals surface area contributed by atoms with E-state index in [-0.39, 0.29) is 12.1 Å². The molecule has 0 spiro atoms. The van der Waals surface area contributed by atoms with Gasteiger partial charge in [0.05, 0.1) is 6.04 Å². The van der Waals surface area contributed by atoms with Crippen LogP contribution in [0.1, 0.15) is 27.7 Å². The molecule has 1 aliphatic rings. The summed E-state index contributed by atoms with van der Waals surface area (Å²) in [4.78, 5) is 15.7. The van der Waals surface area contributed by atoms with E-state index in [1.165, 1.54) is 5.57 Å². The first-order valence-corrected chi connectivity index (χ1v) is 5.34. The third-order valence-electron chi connectivity index (χ3n) is 2.99. The predicted octanol–water partition coefficient (Wildman–Crippen LogP) is 2.10. The van der Waals surface area contributed by atoms with Crippen LogP contribution in [0.2, 0.25) is 0 Å². The van der Waals surface area contributed by atoms with Crippen molar-refractivity contribution >= 4 is 6.03 Å². The van der Waals surface area contributed by atoms with E-state index in [4.69, 9.17) is 0 Å². The fourth-order valence-electron chi connectivity index (χ4n) is 1.90. The van der Waals surface area contributed by atoms with E-state index in [2.05, 4.69) is 13.0 Å². The summed E-state index contributed by atoms with van der Waals surface area (Å²) in [6.07, 6.45) is 2.10. The first-order chi connectivity index (χ1) is 6.65. The fraction of sp³-hybridized carbons (Fsp3) is 0.727. The van der Waals surface area contributed by atoms with Gasteiger partial charge in [0, 0.05) is 19.6 Å². The highest BCUT2D eigenvalue weighted by Gasteiger charge is 2.35. The number of nitrogens with zero attached hydrogens (tertiary/aromatic N) is 2. The summed E-state index contributed by atoms with van der Waals surface area (Å²) < 4.78 is 0. The highest BCUT2D eigenvalue weighted by Crippen LogP contribution is 2.20. The van der Waals surface area contributed by atoms with Gasteiger partial charge in [-0.3, -0.25) is 0 Å². The van der Waals surface area contributed by atoms with Crippen molar-refractivity contribution in [2.75, 3.05) is 19.6 Å². The number of amides is 2. The van der Waals surface area contributed by atoms with Crippen LogP contribution in [0.5, 0.6) is 0 Å². The van der Waals surface area contributed by atoms with Gasteiger partial charge < -0.3 is 9.80 Å². The normalized spacial score (nSPS) is 23.6. The van der Waals surface area contributed by atoms with Crippen LogP contribution in [0.25, 0.3) is 0 Å². The van der Waals surface area contributed by atoms with Gasteiger partial charge in [0.15, 0.2) is 0 Å². The highest BCUT2D eigenvalue weighted by atomic mass is 16.2. The Bertz CT molecular complexity index is 248. The van der Waals surface area contributed by atoms with Crippen LogP contribution in [0, 0.1) is 0 Å². The molecule has 3 nitrogen and oxygen atoms in total. The first kappa shape index (κ1) is 11.1. The Morgan fingerprint density at radius 3 is 2.57 bits per heavy atom. The van der Waals surface area contributed by atoms with Crippen LogP contribution >= 0.6 is 0 Å². The summed E-state index contributed by atoms with van der Waals surface area (Å²) >= 11 is 0. The van der Waals surface area contributed by atoms with Crippen molar-refractivity contribution in [1.82, 2.24) is 9.80 Å². The molecule has 0 aromatic heterocycles. The van der Waals surface area contributed by atoms with E-state index in [1.54, 1.807) is 0 Å². The van der Waals surface area contributed by atoms with Crippen LogP contribution in [0.3, 0.4) is 0 Å². The van der Waals surface area contributed by atoms with Gasteiger partial charge in [-0.2, -0.15) is 0 Å². The van der Waals surface area contributed by atoms with E-state index < -0.39 is 0 Å². The van der Waals surface area contributed by atoms with Crippen molar-refractivity contribution in [2.24, 2.45) is 0 Å². The number of rotatable bonds is 3. The Kier molecular flexibility index (Phi) is 3.55. The third kappa shape index (κ3) is 1.76. The summed E-state index contributed by atoms with van der Waals surface area (Å²) in [5.74, 6) is 0. The van der Waals surface area contributed by atoms with E-state index in [1.807, 2.05) is 30.6 Å². The van der Waals surface area contributed by atoms with Crippen molar-refractivity contribution in [1.29, 1.82) is 0 Å². The van der Waals surface area contributed by atoms with Gasteiger partial charge in [0.25, 0.3) is 0 Å². The Balaban J connectivity index is 2.83. The summed E-state index contributed by atoms with van der Waals surface area (Å²) in [5, 5.41) is 0. The number of carbonyl (C=O) groups is 1. The van der Waals surface area contributed by atoms with Crippen molar-refractivity contribution in [3.8, 4) is 0 Å². The van der Waals surface area contributed by atoms with Gasteiger partial charge in [-0.25, -0.2) is 4.79 Å². The molecule has 0 saturated carbocycles. The molecule has 1 atom stereocenters. The van der Waals surface area contributed by atoms with Crippen molar-refractivity contribution in [3.05, 3.63) is 11.6 Å². The molecular formula is C11H20N2O. The minimum Gasteiger partial charge on any atom is -0.323 e. The van der Waals surface area contributed by atoms with Gasteiger partial charge in [0.2, 0.25) is 0 Å². The summed E-state index contributed by atoms with van der Waals surface area (Å²) in [5.41, 5.74) is 1.29. The fourth-order valence-corrected chi connectivity index (χ4v) is 1.90. The first-order valence-electron chi connectivity index (χ1n) is 5.34. The topological polar surface area (TPSA) is 23.6 Å². The molecule has 14 heavy (non-hydrogen) atoms. The molecule has 1 fully saturated rings. The maximum atomic E-state index is 11.8. The number of allylic oxidation sites excluding steroid dienone is 1. The quantitative estimate of drug-likeness (QED) is 0.634. The SMILES string of the molecule is C/C=C(\C)C1CN(CC)C(=O)N1CC. The highest BCUT2D eigenvalue weighted by molar-refractivity contribution is 5.77. The second-order valence-corrected chi connectivity index (χ2v) is 3.66. The van der Waals surface area contributed by atoms with Crippen LogP contribution in [-0.4, -0.2) is 41.5 Å². The van der Waals surface area contributed by atoms with E-state index in [0.29, 0.717) is 0 Å². The monoisotopic (exact) mass is 196 g/mol. The Hall–Kier alpha value is -0.990. The lowest BCUT2D eigenvalue weighted by Crippen LogP contribution is -2.35. The molecular weight excluding hydrogens is 176 g/mol. The maximum Gasteiger partial charge on any atom is 0.320 e. The zero-order valence-corrected chi connectivity index (χ0v) is 9.58. The van der Waals surface area contributed by atoms with E-state index in [9.17, 15) is 4.79 Å². The van der Waals surface area contributed by atoms with Crippen LogP contribution < -0.4 is 0 Å². The Labute approximate surface area is 86.4 Å². The smallest absolute Gasteiger partial charge is 0.320 e. The van der Waals surface area contributed by atoms with Gasteiger partial charge in [-0.15, -0.1) is 0 Å². The Morgan fingerprint density at radius 1 is 1.50 bits per heavy atom. The van der Waals surface area contributed by atoms with Crippen LogP contribution in [0.15, 0.2) is 11.6 Å². The lowest BCUT2D eigenvalue weighted by Gasteiger charge is -2.21. The zero-order chi connectivity index (χ0) is 10.7. The molecule has 0 radical (unpaired) electrons. The van der Waals surface area contributed by atoms with Gasteiger partial charge in [0.1, 0.15) is 0 Å². The Morgan fingerprint density at radius 2 is 2.14 bits per heavy atom. The van der Waals surface area contributed by atoms with Crippen molar-refractivity contribution in [3.63, 3.8) is 0 Å². The van der Waals surface area contributed by atoms with Gasteiger partial charge in [-0.05, 0) is 27.7 Å². The number of hydrogen-bond acceptors (Lipinski definition) is 1. The van der Waals surface area contributed by atoms with Crippen molar-refractivity contribution in [2.45, 2.75) is 33.7 Å². The number of urea groups is 1. The molecule has 1 saturated heterocycles. The molecule has 80 valence electrons. The van der Waals surface area contributed by atoms with E-state index >= 15 is 0 Å². The van der Waals surface area contributed by atoms with Crippen LogP contribution in [0.4, 0.5) is 4.79 Å². The molecule has 0 N–H and O–H groups in total. The second-order valence-electron chi connectivity index (χ2n) is 3.66. The summed E-state index contributed by atoms with van der Waals surface area (Å²) in [7, 11) is 0. The summed E-state index contributed by atoms with van der Waals surface area (Å²) in [6.45, 7) is 10.6. The predicted molar refractivity (Wildman–Crippen MR) is 58.2 cm³/mol.